The summed E-state index contributed by atoms with van der Waals surface area (Å²) in [6, 6.07) is 10.1. The SMILES string of the molecule is COc1cc(OC)c(C(=O)NNC(=S)Nc2cccc(Cl)c2)cc1OC. The second-order valence-electron chi connectivity index (χ2n) is 4.95. The van der Waals surface area contributed by atoms with Crippen molar-refractivity contribution in [2.75, 3.05) is 26.6 Å². The van der Waals surface area contributed by atoms with Gasteiger partial charge in [0.1, 0.15) is 5.75 Å². The number of nitrogens with one attached hydrogen (secondary N) is 3. The van der Waals surface area contributed by atoms with Gasteiger partial charge in [0.05, 0.1) is 26.9 Å². The summed E-state index contributed by atoms with van der Waals surface area (Å²) >= 11 is 11.1. The number of thiocarbonyl (C=S) groups is 1. The highest BCUT2D eigenvalue weighted by Gasteiger charge is 2.17. The summed E-state index contributed by atoms with van der Waals surface area (Å²) in [7, 11) is 4.43. The van der Waals surface area contributed by atoms with Crippen molar-refractivity contribution in [1.29, 1.82) is 0 Å². The third kappa shape index (κ3) is 4.90. The molecule has 0 saturated heterocycles. The molecular formula is C17H18ClN3O4S. The number of halogens is 1. The van der Waals surface area contributed by atoms with Gasteiger partial charge in [-0.3, -0.25) is 15.6 Å². The minimum atomic E-state index is -0.460. The van der Waals surface area contributed by atoms with Crippen LogP contribution in [0.5, 0.6) is 17.2 Å². The molecule has 0 atom stereocenters. The van der Waals surface area contributed by atoms with Gasteiger partial charge in [-0.15, -0.1) is 0 Å². The van der Waals surface area contributed by atoms with Crippen molar-refractivity contribution in [1.82, 2.24) is 10.9 Å². The summed E-state index contributed by atoms with van der Waals surface area (Å²) in [5.74, 6) is 0.721. The zero-order valence-corrected chi connectivity index (χ0v) is 16.0. The van der Waals surface area contributed by atoms with E-state index in [1.165, 1.54) is 27.4 Å². The average molecular weight is 396 g/mol. The first-order valence-electron chi connectivity index (χ1n) is 7.41. The van der Waals surface area contributed by atoms with E-state index in [-0.39, 0.29) is 10.7 Å². The number of rotatable bonds is 5. The number of hydrogen-bond donors (Lipinski definition) is 3. The van der Waals surface area contributed by atoms with Gasteiger partial charge in [0.25, 0.3) is 5.91 Å². The highest BCUT2D eigenvalue weighted by atomic mass is 35.5. The Morgan fingerprint density at radius 3 is 2.23 bits per heavy atom. The summed E-state index contributed by atoms with van der Waals surface area (Å²) in [6.07, 6.45) is 0. The lowest BCUT2D eigenvalue weighted by Crippen LogP contribution is -2.43. The van der Waals surface area contributed by atoms with Gasteiger partial charge in [-0.2, -0.15) is 0 Å². The molecule has 0 saturated carbocycles. The molecule has 0 fully saturated rings. The van der Waals surface area contributed by atoms with E-state index in [9.17, 15) is 4.79 Å². The van der Waals surface area contributed by atoms with Crippen LogP contribution in [0.15, 0.2) is 36.4 Å². The lowest BCUT2D eigenvalue weighted by Gasteiger charge is -2.15. The molecule has 7 nitrogen and oxygen atoms in total. The molecule has 1 amide bonds. The van der Waals surface area contributed by atoms with Gasteiger partial charge >= 0.3 is 0 Å². The van der Waals surface area contributed by atoms with Crippen molar-refractivity contribution in [2.45, 2.75) is 0 Å². The molecule has 0 bridgehead atoms. The van der Waals surface area contributed by atoms with Gasteiger partial charge in [-0.05, 0) is 30.4 Å². The lowest BCUT2D eigenvalue weighted by atomic mass is 10.1. The molecule has 0 heterocycles. The van der Waals surface area contributed by atoms with Gasteiger partial charge in [-0.1, -0.05) is 17.7 Å². The predicted molar refractivity (Wildman–Crippen MR) is 104 cm³/mol. The van der Waals surface area contributed by atoms with Crippen molar-refractivity contribution in [2.24, 2.45) is 0 Å². The zero-order chi connectivity index (χ0) is 19.1. The van der Waals surface area contributed by atoms with Crippen LogP contribution in [0.3, 0.4) is 0 Å². The third-order valence-corrected chi connectivity index (χ3v) is 3.76. The maximum Gasteiger partial charge on any atom is 0.273 e. The van der Waals surface area contributed by atoms with E-state index < -0.39 is 5.91 Å². The topological polar surface area (TPSA) is 80.9 Å². The molecule has 0 aliphatic rings. The highest BCUT2D eigenvalue weighted by Crippen LogP contribution is 2.34. The zero-order valence-electron chi connectivity index (χ0n) is 14.4. The lowest BCUT2D eigenvalue weighted by molar-refractivity contribution is 0.0940. The van der Waals surface area contributed by atoms with E-state index in [0.717, 1.165) is 0 Å². The number of methoxy groups -OCH3 is 3. The van der Waals surface area contributed by atoms with E-state index in [1.54, 1.807) is 30.3 Å². The highest BCUT2D eigenvalue weighted by molar-refractivity contribution is 7.80. The predicted octanol–water partition coefficient (Wildman–Crippen LogP) is 3.00. The molecular weight excluding hydrogens is 378 g/mol. The Bertz CT molecular complexity index is 817. The number of hydrazine groups is 1. The van der Waals surface area contributed by atoms with Crippen molar-refractivity contribution in [3.63, 3.8) is 0 Å². The Hall–Kier alpha value is -2.71. The van der Waals surface area contributed by atoms with Crippen LogP contribution < -0.4 is 30.4 Å². The molecule has 0 aliphatic heterocycles. The molecule has 0 radical (unpaired) electrons. The number of amides is 1. The van der Waals surface area contributed by atoms with Crippen LogP contribution in [0.4, 0.5) is 5.69 Å². The van der Waals surface area contributed by atoms with E-state index in [4.69, 9.17) is 38.0 Å². The number of carbonyl (C=O) groups excluding carboxylic acids is 1. The van der Waals surface area contributed by atoms with Crippen molar-refractivity contribution >= 4 is 40.5 Å². The van der Waals surface area contributed by atoms with Crippen molar-refractivity contribution in [3.8, 4) is 17.2 Å². The molecule has 2 aromatic rings. The Kier molecular flexibility index (Phi) is 6.88. The van der Waals surface area contributed by atoms with Crippen LogP contribution in [-0.4, -0.2) is 32.3 Å². The van der Waals surface area contributed by atoms with Crippen LogP contribution in [0.2, 0.25) is 5.02 Å². The van der Waals surface area contributed by atoms with Gasteiger partial charge < -0.3 is 19.5 Å². The fraction of sp³-hybridized carbons (Fsp3) is 0.176. The number of benzene rings is 2. The fourth-order valence-corrected chi connectivity index (χ4v) is 2.48. The Morgan fingerprint density at radius 2 is 1.62 bits per heavy atom. The average Bonchev–Trinajstić information content (AvgIpc) is 2.64. The first kappa shape index (κ1) is 19.6. The van der Waals surface area contributed by atoms with E-state index in [0.29, 0.717) is 28.0 Å². The molecule has 0 aromatic heterocycles. The van der Waals surface area contributed by atoms with Gasteiger partial charge in [-0.25, -0.2) is 0 Å². The van der Waals surface area contributed by atoms with Gasteiger partial charge in [0, 0.05) is 22.8 Å². The largest absolute Gasteiger partial charge is 0.496 e. The molecule has 0 aliphatic carbocycles. The number of hydrogen-bond acceptors (Lipinski definition) is 5. The maximum atomic E-state index is 12.4. The normalized spacial score (nSPS) is 9.85. The van der Waals surface area contributed by atoms with E-state index in [1.807, 2.05) is 0 Å². The standard InChI is InChI=1S/C17H18ClN3O4S/c1-23-13-9-15(25-3)14(24-2)8-12(13)16(22)20-21-17(26)19-11-6-4-5-10(18)7-11/h4-9H,1-3H3,(H,20,22)(H2,19,21,26). The Balaban J connectivity index is 2.06. The Morgan fingerprint density at radius 1 is 0.962 bits per heavy atom. The number of ether oxygens (including phenoxy) is 3. The molecule has 3 N–H and O–H groups in total. The molecule has 138 valence electrons. The Labute approximate surface area is 161 Å². The van der Waals surface area contributed by atoms with Crippen molar-refractivity contribution < 1.29 is 19.0 Å². The minimum Gasteiger partial charge on any atom is -0.496 e. The van der Waals surface area contributed by atoms with Crippen molar-refractivity contribution in [3.05, 3.63) is 47.0 Å². The molecule has 26 heavy (non-hydrogen) atoms. The summed E-state index contributed by atoms with van der Waals surface area (Å²) in [4.78, 5) is 12.4. The summed E-state index contributed by atoms with van der Waals surface area (Å²) in [5, 5.41) is 3.67. The summed E-state index contributed by atoms with van der Waals surface area (Å²) < 4.78 is 15.6. The minimum absolute atomic E-state index is 0.195. The number of carbonyl (C=O) groups is 1. The maximum absolute atomic E-state index is 12.4. The van der Waals surface area contributed by atoms with Crippen LogP contribution in [0, 0.1) is 0 Å². The summed E-state index contributed by atoms with van der Waals surface area (Å²) in [5.41, 5.74) is 6.05. The van der Waals surface area contributed by atoms with Crippen LogP contribution in [0.1, 0.15) is 10.4 Å². The quantitative estimate of drug-likeness (QED) is 0.530. The molecule has 0 unspecified atom stereocenters. The smallest absolute Gasteiger partial charge is 0.273 e. The first-order valence-corrected chi connectivity index (χ1v) is 8.20. The van der Waals surface area contributed by atoms with Gasteiger partial charge in [0.2, 0.25) is 0 Å². The first-order chi connectivity index (χ1) is 12.5. The van der Waals surface area contributed by atoms with Gasteiger partial charge in [0.15, 0.2) is 16.6 Å². The monoisotopic (exact) mass is 395 g/mol. The molecule has 2 rings (SSSR count). The van der Waals surface area contributed by atoms with E-state index in [2.05, 4.69) is 16.2 Å². The van der Waals surface area contributed by atoms with E-state index >= 15 is 0 Å². The van der Waals surface area contributed by atoms with Crippen LogP contribution in [-0.2, 0) is 0 Å². The third-order valence-electron chi connectivity index (χ3n) is 3.32. The van der Waals surface area contributed by atoms with Crippen LogP contribution in [0.25, 0.3) is 0 Å². The fourth-order valence-electron chi connectivity index (χ4n) is 2.12. The van der Waals surface area contributed by atoms with Crippen LogP contribution >= 0.6 is 23.8 Å². The second kappa shape index (κ2) is 9.12. The number of anilines is 1. The molecule has 9 heteroatoms. The molecule has 0 spiro atoms. The molecule has 2 aromatic carbocycles. The summed E-state index contributed by atoms with van der Waals surface area (Å²) in [6.45, 7) is 0. The second-order valence-corrected chi connectivity index (χ2v) is 5.80.